The van der Waals surface area contributed by atoms with Crippen LogP contribution in [0.2, 0.25) is 0 Å². The number of urea groups is 2. The average Bonchev–Trinajstić information content (AvgIpc) is 3.20. The van der Waals surface area contributed by atoms with Crippen molar-refractivity contribution in [1.82, 2.24) is 20.0 Å². The zero-order valence-corrected chi connectivity index (χ0v) is 17.8. The Balaban J connectivity index is 1.54. The van der Waals surface area contributed by atoms with E-state index in [1.807, 2.05) is 40.3 Å². The second-order valence-electron chi connectivity index (χ2n) is 7.44. The second kappa shape index (κ2) is 9.05. The largest absolute Gasteiger partial charge is 0.341 e. The lowest BCUT2D eigenvalue weighted by Crippen LogP contribution is -2.59. The molecule has 3 rings (SSSR count). The van der Waals surface area contributed by atoms with Crippen LogP contribution in [0.15, 0.2) is 29.2 Å². The maximum absolute atomic E-state index is 12.6. The molecule has 0 spiro atoms. The lowest BCUT2D eigenvalue weighted by Gasteiger charge is -2.45. The van der Waals surface area contributed by atoms with Crippen molar-refractivity contribution in [1.29, 1.82) is 0 Å². The van der Waals surface area contributed by atoms with Gasteiger partial charge in [0.15, 0.2) is 0 Å². The number of rotatable bonds is 4. The van der Waals surface area contributed by atoms with Crippen LogP contribution < -0.4 is 10.6 Å². The maximum Gasteiger partial charge on any atom is 0.321 e. The van der Waals surface area contributed by atoms with Crippen molar-refractivity contribution in [3.63, 3.8) is 0 Å². The van der Waals surface area contributed by atoms with Crippen molar-refractivity contribution in [2.24, 2.45) is 0 Å². The number of anilines is 1. The van der Waals surface area contributed by atoms with Crippen molar-refractivity contribution < 1.29 is 9.59 Å². The van der Waals surface area contributed by atoms with Gasteiger partial charge in [0.25, 0.3) is 0 Å². The van der Waals surface area contributed by atoms with E-state index in [0.29, 0.717) is 13.1 Å². The van der Waals surface area contributed by atoms with Gasteiger partial charge in [0.05, 0.1) is 0 Å². The van der Waals surface area contributed by atoms with Gasteiger partial charge in [-0.25, -0.2) is 9.59 Å². The molecule has 2 N–H and O–H groups in total. The van der Waals surface area contributed by atoms with Gasteiger partial charge in [0, 0.05) is 62.4 Å². The standard InChI is InChI=1S/C20H31N5O2S/c1-4-20(9-10-24(15-20)18(26)21-2)25-13-11-23(12-14-25)19(27)22-16-5-7-17(28-3)8-6-16/h5-8H,4,9-15H2,1-3H3,(H,21,26)(H,22,27)/t20-/m1/s1. The van der Waals surface area contributed by atoms with Crippen molar-refractivity contribution in [2.75, 3.05) is 57.9 Å². The normalized spacial score (nSPS) is 23.0. The summed E-state index contributed by atoms with van der Waals surface area (Å²) >= 11 is 1.68. The molecule has 0 bridgehead atoms. The first kappa shape index (κ1) is 20.8. The van der Waals surface area contributed by atoms with E-state index >= 15 is 0 Å². The zero-order chi connectivity index (χ0) is 20.1. The lowest BCUT2D eigenvalue weighted by atomic mass is 9.92. The predicted molar refractivity (Wildman–Crippen MR) is 114 cm³/mol. The Morgan fingerprint density at radius 1 is 1.04 bits per heavy atom. The molecule has 0 aromatic heterocycles. The van der Waals surface area contributed by atoms with Gasteiger partial charge in [-0.05, 0) is 43.4 Å². The summed E-state index contributed by atoms with van der Waals surface area (Å²) in [5, 5.41) is 5.73. The Bertz CT molecular complexity index is 690. The molecule has 2 fully saturated rings. The SMILES string of the molecule is CC[C@@]1(N2CCN(C(=O)Nc3ccc(SC)cc3)CC2)CCN(C(=O)NC)C1. The molecule has 0 aliphatic carbocycles. The number of amides is 4. The van der Waals surface area contributed by atoms with Crippen LogP contribution in [-0.2, 0) is 0 Å². The first-order chi connectivity index (χ1) is 13.5. The molecule has 1 aromatic rings. The highest BCUT2D eigenvalue weighted by Crippen LogP contribution is 2.32. The van der Waals surface area contributed by atoms with Crippen molar-refractivity contribution in [3.05, 3.63) is 24.3 Å². The van der Waals surface area contributed by atoms with E-state index < -0.39 is 0 Å². The molecule has 8 heteroatoms. The molecule has 0 saturated carbocycles. The summed E-state index contributed by atoms with van der Waals surface area (Å²) in [6, 6.07) is 7.88. The fourth-order valence-corrected chi connectivity index (χ4v) is 4.63. The highest BCUT2D eigenvalue weighted by atomic mass is 32.2. The predicted octanol–water partition coefficient (Wildman–Crippen LogP) is 2.75. The number of carbonyl (C=O) groups is 2. The summed E-state index contributed by atoms with van der Waals surface area (Å²) in [6.07, 6.45) is 4.04. The number of hydrogen-bond donors (Lipinski definition) is 2. The third-order valence-electron chi connectivity index (χ3n) is 6.07. The quantitative estimate of drug-likeness (QED) is 0.756. The van der Waals surface area contributed by atoms with Gasteiger partial charge in [-0.15, -0.1) is 11.8 Å². The molecular formula is C20H31N5O2S. The molecule has 154 valence electrons. The highest BCUT2D eigenvalue weighted by molar-refractivity contribution is 7.98. The fraction of sp³-hybridized carbons (Fsp3) is 0.600. The molecule has 2 heterocycles. The van der Waals surface area contributed by atoms with Gasteiger partial charge in [0.1, 0.15) is 0 Å². The summed E-state index contributed by atoms with van der Waals surface area (Å²) in [5.41, 5.74) is 0.857. The summed E-state index contributed by atoms with van der Waals surface area (Å²) in [7, 11) is 1.68. The molecule has 4 amide bonds. The number of benzene rings is 1. The smallest absolute Gasteiger partial charge is 0.321 e. The number of nitrogens with one attached hydrogen (secondary N) is 2. The fourth-order valence-electron chi connectivity index (χ4n) is 4.22. The molecule has 0 unspecified atom stereocenters. The number of carbonyl (C=O) groups excluding carboxylic acids is 2. The van der Waals surface area contributed by atoms with Crippen LogP contribution in [0.1, 0.15) is 19.8 Å². The Kier molecular flexibility index (Phi) is 6.72. The van der Waals surface area contributed by atoms with E-state index in [1.165, 1.54) is 4.90 Å². The Morgan fingerprint density at radius 2 is 1.71 bits per heavy atom. The van der Waals surface area contributed by atoms with Gasteiger partial charge in [-0.1, -0.05) is 6.92 Å². The van der Waals surface area contributed by atoms with E-state index in [-0.39, 0.29) is 17.6 Å². The third kappa shape index (κ3) is 4.38. The maximum atomic E-state index is 12.6. The molecule has 7 nitrogen and oxygen atoms in total. The Morgan fingerprint density at radius 3 is 2.29 bits per heavy atom. The molecule has 2 aliphatic heterocycles. The number of piperazine rings is 1. The summed E-state index contributed by atoms with van der Waals surface area (Å²) < 4.78 is 0. The van der Waals surface area contributed by atoms with Crippen LogP contribution in [0.4, 0.5) is 15.3 Å². The minimum atomic E-state index is -0.0412. The first-order valence-electron chi connectivity index (χ1n) is 9.93. The van der Waals surface area contributed by atoms with Gasteiger partial charge in [-0.2, -0.15) is 0 Å². The molecule has 2 saturated heterocycles. The molecule has 2 aliphatic rings. The van der Waals surface area contributed by atoms with Crippen molar-refractivity contribution >= 4 is 29.5 Å². The molecule has 0 radical (unpaired) electrons. The van der Waals surface area contributed by atoms with E-state index in [2.05, 4.69) is 22.5 Å². The lowest BCUT2D eigenvalue weighted by molar-refractivity contribution is 0.0477. The van der Waals surface area contributed by atoms with Gasteiger partial charge in [-0.3, -0.25) is 4.90 Å². The minimum Gasteiger partial charge on any atom is -0.341 e. The van der Waals surface area contributed by atoms with E-state index in [4.69, 9.17) is 0 Å². The third-order valence-corrected chi connectivity index (χ3v) is 6.81. The topological polar surface area (TPSA) is 67.9 Å². The number of thioether (sulfide) groups is 1. The highest BCUT2D eigenvalue weighted by Gasteiger charge is 2.44. The number of nitrogens with zero attached hydrogens (tertiary/aromatic N) is 3. The summed E-state index contributed by atoms with van der Waals surface area (Å²) in [5.74, 6) is 0. The van der Waals surface area contributed by atoms with Crippen molar-refractivity contribution in [3.8, 4) is 0 Å². The van der Waals surface area contributed by atoms with E-state index in [9.17, 15) is 9.59 Å². The minimum absolute atomic E-state index is 0.000769. The summed E-state index contributed by atoms with van der Waals surface area (Å²) in [4.78, 5) is 32.0. The van der Waals surface area contributed by atoms with E-state index in [0.717, 1.165) is 44.7 Å². The van der Waals surface area contributed by atoms with Crippen LogP contribution in [0.25, 0.3) is 0 Å². The van der Waals surface area contributed by atoms with Gasteiger partial charge >= 0.3 is 12.1 Å². The van der Waals surface area contributed by atoms with Crippen molar-refractivity contribution in [2.45, 2.75) is 30.2 Å². The van der Waals surface area contributed by atoms with Crippen LogP contribution >= 0.6 is 11.8 Å². The Hall–Kier alpha value is -1.93. The van der Waals surface area contributed by atoms with Gasteiger partial charge < -0.3 is 20.4 Å². The Labute approximate surface area is 171 Å². The molecule has 1 aromatic carbocycles. The average molecular weight is 406 g/mol. The monoisotopic (exact) mass is 405 g/mol. The molecule has 28 heavy (non-hydrogen) atoms. The van der Waals surface area contributed by atoms with Crippen LogP contribution in [0.5, 0.6) is 0 Å². The molecular weight excluding hydrogens is 374 g/mol. The second-order valence-corrected chi connectivity index (χ2v) is 8.32. The molecule has 1 atom stereocenters. The van der Waals surface area contributed by atoms with Gasteiger partial charge in [0.2, 0.25) is 0 Å². The van der Waals surface area contributed by atoms with Crippen LogP contribution in [0, 0.1) is 0 Å². The zero-order valence-electron chi connectivity index (χ0n) is 17.0. The van der Waals surface area contributed by atoms with Crippen LogP contribution in [0.3, 0.4) is 0 Å². The first-order valence-corrected chi connectivity index (χ1v) is 11.2. The number of hydrogen-bond acceptors (Lipinski definition) is 4. The van der Waals surface area contributed by atoms with E-state index in [1.54, 1.807) is 18.8 Å². The summed E-state index contributed by atoms with van der Waals surface area (Å²) in [6.45, 7) is 6.84. The van der Waals surface area contributed by atoms with Crippen LogP contribution in [-0.4, -0.2) is 84.9 Å². The number of likely N-dealkylation sites (tertiary alicyclic amines) is 1.